The average Bonchev–Trinajstić information content (AvgIpc) is 1.61. The zero-order valence-corrected chi connectivity index (χ0v) is 61.9. The van der Waals surface area contributed by atoms with Crippen molar-refractivity contribution < 1.29 is 28.9 Å². The van der Waals surface area contributed by atoms with E-state index in [4.69, 9.17) is 14.2 Å². The Kier molecular flexibility index (Phi) is 22.1. The molecule has 3 aliphatic heterocycles. The van der Waals surface area contributed by atoms with Gasteiger partial charge in [0.25, 0.3) is 5.91 Å². The number of nitrogens with one attached hydrogen (secondary N) is 3. The number of ether oxygens (including phenoxy) is 3. The summed E-state index contributed by atoms with van der Waals surface area (Å²) in [5, 5.41) is 33.6. The molecule has 0 saturated carbocycles. The molecule has 0 unspecified atom stereocenters. The number of carbonyl (C=O) groups excluding carboxylic acids is 1. The molecule has 4 N–H and O–H groups in total. The molecule has 0 bridgehead atoms. The van der Waals surface area contributed by atoms with Crippen LogP contribution >= 0.6 is 93.0 Å². The van der Waals surface area contributed by atoms with Crippen LogP contribution in [0, 0.1) is 3.70 Å². The molecule has 98 heavy (non-hydrogen) atoms. The Morgan fingerprint density at radius 3 is 1.50 bits per heavy atom. The molecular formula is C72H58Br3I2N15O6. The number of methoxy groups -OCH3 is 3. The van der Waals surface area contributed by atoms with E-state index < -0.39 is 5.97 Å². The Balaban J connectivity index is 0.000000124. The van der Waals surface area contributed by atoms with Crippen LogP contribution in [0.4, 0.5) is 0 Å². The molecule has 0 radical (unpaired) electrons. The number of benzene rings is 5. The second-order valence-corrected chi connectivity index (χ2v) is 27.0. The predicted molar refractivity (Wildman–Crippen MR) is 408 cm³/mol. The van der Waals surface area contributed by atoms with Crippen LogP contribution in [0.2, 0.25) is 0 Å². The fourth-order valence-corrected chi connectivity index (χ4v) is 13.2. The molecule has 0 atom stereocenters. The summed E-state index contributed by atoms with van der Waals surface area (Å²) in [6.07, 6.45) is 8.84. The standard InChI is InChI=1S/C25H25N5O2.C20H15N3O3.C14H11BrN2O.C7H4BrIN2.C6H3BrIN3/c1-29-10-12-30(13-11-29)25(31)18-7-5-6-17(14-18)19-15-21-23(27-28-24(21)26-16-19)20-8-3-4-9-22(20)32-2;1-26-17-8-3-2-7-15(17)18-16-10-14(11-21-19(16)23-22-18)12-5-4-6-13(9-12)20(24)25;1-18-13-5-3-2-4-10(13)14-11-6-9(15)7-16-12(11)8-17-14;8-4-1-5-6(10-2-4)3-11-7(5)9;7-3-1-4-5(8)10-11-6(4)9-2-3/h3-9,14-16H,10-13H2,1-2H3,(H,26,27,28);2-11H,1H3,(H,24,25)(H,21,22,23);2-7H,8H2,1H3;1-2H,3H2;1-2H,(H,9,10,11). The van der Waals surface area contributed by atoms with E-state index in [0.29, 0.717) is 23.4 Å². The van der Waals surface area contributed by atoms with E-state index in [1.165, 1.54) is 5.56 Å². The largest absolute Gasteiger partial charge is 0.496 e. The van der Waals surface area contributed by atoms with Crippen molar-refractivity contribution in [2.75, 3.05) is 54.6 Å². The lowest BCUT2D eigenvalue weighted by Crippen LogP contribution is -2.47. The van der Waals surface area contributed by atoms with Crippen molar-refractivity contribution in [3.05, 3.63) is 239 Å². The number of pyridine rings is 5. The Hall–Kier alpha value is -9.20. The SMILES string of the molecule is Brc1cnc2c(c1)C(I)=NC2.Brc1cnc2n[nH]c(I)c2c1.COc1ccccc1-c1[nH]nc2ncc(-c3cccc(C(=O)N4CCN(C)CC4)c3)cc12.COc1ccccc1-c1[nH]nc2ncc(-c3cccc(C(=O)O)c3)cc12.COc1ccccc1C1=NCc2ncc(Br)cc21. The number of nitrogens with zero attached hydrogens (tertiary/aromatic N) is 12. The number of halogens is 5. The Morgan fingerprint density at radius 1 is 0.469 bits per heavy atom. The van der Waals surface area contributed by atoms with Crippen molar-refractivity contribution in [1.29, 1.82) is 0 Å². The zero-order chi connectivity index (χ0) is 68.4. The number of rotatable bonds is 10. The minimum absolute atomic E-state index is 0.0759. The molecule has 11 heterocycles. The monoisotopic (exact) mass is 1720 g/mol. The van der Waals surface area contributed by atoms with Crippen molar-refractivity contribution in [3.8, 4) is 62.0 Å². The lowest BCUT2D eigenvalue weighted by atomic mass is 10.0. The lowest BCUT2D eigenvalue weighted by molar-refractivity contribution is 0.0662. The highest BCUT2D eigenvalue weighted by Gasteiger charge is 2.24. The smallest absolute Gasteiger partial charge is 0.335 e. The molecule has 0 aliphatic carbocycles. The summed E-state index contributed by atoms with van der Waals surface area (Å²) in [7, 11) is 7.04. The van der Waals surface area contributed by atoms with Crippen LogP contribution in [-0.4, -0.2) is 146 Å². The normalized spacial score (nSPS) is 12.9. The summed E-state index contributed by atoms with van der Waals surface area (Å²) < 4.78 is 21.4. The van der Waals surface area contributed by atoms with Crippen LogP contribution in [-0.2, 0) is 13.1 Å². The summed E-state index contributed by atoms with van der Waals surface area (Å²) >= 11 is 14.6. The number of carboxylic acids is 1. The van der Waals surface area contributed by atoms with E-state index >= 15 is 0 Å². The molecule has 5 aromatic carbocycles. The summed E-state index contributed by atoms with van der Waals surface area (Å²) in [5.74, 6) is 1.45. The Morgan fingerprint density at radius 2 is 0.929 bits per heavy atom. The molecule has 3 aliphatic rings. The molecule has 1 fully saturated rings. The van der Waals surface area contributed by atoms with Crippen molar-refractivity contribution >= 4 is 147 Å². The summed E-state index contributed by atoms with van der Waals surface area (Å²) in [4.78, 5) is 59.0. The highest BCUT2D eigenvalue weighted by molar-refractivity contribution is 14.1. The minimum atomic E-state index is -0.959. The van der Waals surface area contributed by atoms with Gasteiger partial charge in [-0.15, -0.1) is 0 Å². The second kappa shape index (κ2) is 31.5. The van der Waals surface area contributed by atoms with Gasteiger partial charge in [0.2, 0.25) is 0 Å². The summed E-state index contributed by atoms with van der Waals surface area (Å²) in [6.45, 7) is 4.68. The molecule has 13 aromatic rings. The van der Waals surface area contributed by atoms with E-state index in [-0.39, 0.29) is 11.5 Å². The zero-order valence-electron chi connectivity index (χ0n) is 52.8. The third kappa shape index (κ3) is 15.7. The number of H-pyrrole nitrogens is 3. The van der Waals surface area contributed by atoms with Gasteiger partial charge in [0.1, 0.15) is 24.7 Å². The number of para-hydroxylation sites is 3. The molecule has 21 nitrogen and oxygen atoms in total. The van der Waals surface area contributed by atoms with Gasteiger partial charge in [0, 0.05) is 126 Å². The Labute approximate surface area is 614 Å². The first kappa shape index (κ1) is 68.7. The predicted octanol–water partition coefficient (Wildman–Crippen LogP) is 15.8. The van der Waals surface area contributed by atoms with Crippen LogP contribution in [0.5, 0.6) is 17.2 Å². The number of piperazine rings is 1. The topological polar surface area (TPSA) is 264 Å². The van der Waals surface area contributed by atoms with Crippen molar-refractivity contribution in [3.63, 3.8) is 0 Å². The second-order valence-electron chi connectivity index (χ2n) is 22.2. The first-order chi connectivity index (χ1) is 47.6. The number of carboxylic acid groups (broad SMARTS) is 1. The van der Waals surface area contributed by atoms with E-state index in [1.54, 1.807) is 64.3 Å². The van der Waals surface area contributed by atoms with Gasteiger partial charge in [-0.25, -0.2) is 19.7 Å². The molecule has 1 saturated heterocycles. The van der Waals surface area contributed by atoms with Gasteiger partial charge >= 0.3 is 5.97 Å². The molecule has 492 valence electrons. The molecule has 16 rings (SSSR count). The van der Waals surface area contributed by atoms with Gasteiger partial charge < -0.3 is 29.1 Å². The van der Waals surface area contributed by atoms with Gasteiger partial charge in [0.05, 0.1) is 73.9 Å². The molecular weight excluding hydrogens is 1660 g/mol. The summed E-state index contributed by atoms with van der Waals surface area (Å²) in [6, 6.07) is 48.1. The number of aromatic nitrogens is 11. The van der Waals surface area contributed by atoms with E-state index in [2.05, 4.69) is 189 Å². The van der Waals surface area contributed by atoms with Gasteiger partial charge in [-0.2, -0.15) is 15.3 Å². The number of aromatic carboxylic acids is 1. The van der Waals surface area contributed by atoms with Crippen LogP contribution in [0.15, 0.2) is 206 Å². The van der Waals surface area contributed by atoms with Crippen molar-refractivity contribution in [1.82, 2.24) is 65.3 Å². The number of aliphatic imine (C=N–C) groups is 2. The minimum Gasteiger partial charge on any atom is -0.496 e. The van der Waals surface area contributed by atoms with Crippen LogP contribution in [0.3, 0.4) is 0 Å². The molecule has 26 heteroatoms. The number of hydrogen-bond donors (Lipinski definition) is 4. The van der Waals surface area contributed by atoms with Gasteiger partial charge in [-0.05, 0) is 202 Å². The lowest BCUT2D eigenvalue weighted by Gasteiger charge is -2.32. The number of likely N-dealkylation sites (N-methyl/N-ethyl adjacent to an activating group) is 1. The number of amides is 1. The maximum atomic E-state index is 13.0. The average molecular weight is 1720 g/mol. The number of fused-ring (bicyclic) bond motifs is 5. The van der Waals surface area contributed by atoms with Crippen LogP contribution in [0.1, 0.15) is 48.8 Å². The fourth-order valence-electron chi connectivity index (χ4n) is 11.0. The quantitative estimate of drug-likeness (QED) is 0.0928. The molecule has 8 aromatic heterocycles. The molecule has 1 amide bonds. The highest BCUT2D eigenvalue weighted by Crippen LogP contribution is 2.37. The Bertz CT molecular complexity index is 5170. The maximum Gasteiger partial charge on any atom is 0.335 e. The number of carbonyl (C=O) groups is 2. The van der Waals surface area contributed by atoms with Crippen molar-refractivity contribution in [2.24, 2.45) is 9.98 Å². The third-order valence-corrected chi connectivity index (χ3v) is 19.1. The molecule has 0 spiro atoms. The number of hydrogen-bond acceptors (Lipinski definition) is 16. The van der Waals surface area contributed by atoms with Gasteiger partial charge in [-0.1, -0.05) is 60.7 Å². The van der Waals surface area contributed by atoms with Crippen molar-refractivity contribution in [2.45, 2.75) is 13.1 Å². The number of aromatic amines is 3. The maximum absolute atomic E-state index is 13.0. The summed E-state index contributed by atoms with van der Waals surface area (Å²) in [5.41, 5.74) is 16.2. The highest BCUT2D eigenvalue weighted by atomic mass is 127. The first-order valence-corrected chi connectivity index (χ1v) is 34.9. The fraction of sp³-hybridized carbons (Fsp3) is 0.139. The third-order valence-electron chi connectivity index (χ3n) is 16.0. The van der Waals surface area contributed by atoms with E-state index in [9.17, 15) is 14.7 Å². The first-order valence-electron chi connectivity index (χ1n) is 30.3. The van der Waals surface area contributed by atoms with E-state index in [0.717, 1.165) is 166 Å². The van der Waals surface area contributed by atoms with Gasteiger partial charge in [-0.3, -0.25) is 40.0 Å². The van der Waals surface area contributed by atoms with E-state index in [1.807, 2.05) is 126 Å². The van der Waals surface area contributed by atoms with Crippen LogP contribution < -0.4 is 14.2 Å². The van der Waals surface area contributed by atoms with Gasteiger partial charge in [0.15, 0.2) is 16.9 Å². The van der Waals surface area contributed by atoms with Crippen LogP contribution in [0.25, 0.3) is 77.9 Å².